The van der Waals surface area contributed by atoms with Gasteiger partial charge < -0.3 is 21.1 Å². The molecule has 1 aromatic rings. The molecule has 0 spiro atoms. The summed E-state index contributed by atoms with van der Waals surface area (Å²) in [5.41, 5.74) is 6.54. The Morgan fingerprint density at radius 1 is 1.22 bits per heavy atom. The lowest BCUT2D eigenvalue weighted by molar-refractivity contribution is -0.118. The number of benzene rings is 1. The van der Waals surface area contributed by atoms with Gasteiger partial charge in [0, 0.05) is 37.3 Å². The molecule has 0 saturated carbocycles. The maximum atomic E-state index is 11.8. The van der Waals surface area contributed by atoms with E-state index in [9.17, 15) is 9.59 Å². The number of anilines is 1. The van der Waals surface area contributed by atoms with Gasteiger partial charge in [-0.25, -0.2) is 0 Å². The molecule has 2 amide bonds. The van der Waals surface area contributed by atoms with Crippen LogP contribution in [0, 0.1) is 0 Å². The van der Waals surface area contributed by atoms with Crippen molar-refractivity contribution in [2.75, 3.05) is 25.9 Å². The SMILES string of the molecule is COc1cc(N)cc(C(=O)NCCNC(C)=O)c1. The number of carbonyl (C=O) groups is 2. The number of nitrogens with two attached hydrogens (primary N) is 1. The van der Waals surface area contributed by atoms with Crippen LogP contribution in [0.5, 0.6) is 5.75 Å². The summed E-state index contributed by atoms with van der Waals surface area (Å²) in [6.45, 7) is 2.17. The van der Waals surface area contributed by atoms with Gasteiger partial charge in [-0.15, -0.1) is 0 Å². The Labute approximate surface area is 105 Å². The highest BCUT2D eigenvalue weighted by Crippen LogP contribution is 2.18. The first kappa shape index (κ1) is 13.8. The molecule has 0 atom stereocenters. The van der Waals surface area contributed by atoms with Gasteiger partial charge >= 0.3 is 0 Å². The number of methoxy groups -OCH3 is 1. The standard InChI is InChI=1S/C12H17N3O3/c1-8(16)14-3-4-15-12(17)9-5-10(13)7-11(6-9)18-2/h5-7H,3-4,13H2,1-2H3,(H,14,16)(H,15,17). The molecule has 6 heteroatoms. The number of rotatable bonds is 5. The molecule has 0 fully saturated rings. The fourth-order valence-corrected chi connectivity index (χ4v) is 1.39. The van der Waals surface area contributed by atoms with Crippen molar-refractivity contribution >= 4 is 17.5 Å². The van der Waals surface area contributed by atoms with E-state index in [0.29, 0.717) is 30.1 Å². The smallest absolute Gasteiger partial charge is 0.251 e. The molecule has 0 heterocycles. The van der Waals surface area contributed by atoms with Crippen molar-refractivity contribution in [3.63, 3.8) is 0 Å². The number of carbonyl (C=O) groups excluding carboxylic acids is 2. The van der Waals surface area contributed by atoms with Crippen LogP contribution in [0.4, 0.5) is 5.69 Å². The largest absolute Gasteiger partial charge is 0.497 e. The molecule has 0 radical (unpaired) electrons. The summed E-state index contributed by atoms with van der Waals surface area (Å²) in [4.78, 5) is 22.4. The van der Waals surface area contributed by atoms with Crippen LogP contribution in [0.3, 0.4) is 0 Å². The van der Waals surface area contributed by atoms with Crippen LogP contribution in [0.25, 0.3) is 0 Å². The topological polar surface area (TPSA) is 93.4 Å². The molecule has 0 bridgehead atoms. The molecule has 4 N–H and O–H groups in total. The molecule has 0 aliphatic heterocycles. The van der Waals surface area contributed by atoms with Crippen molar-refractivity contribution in [2.24, 2.45) is 0 Å². The zero-order valence-corrected chi connectivity index (χ0v) is 10.4. The van der Waals surface area contributed by atoms with E-state index in [4.69, 9.17) is 10.5 Å². The van der Waals surface area contributed by atoms with Gasteiger partial charge in [-0.2, -0.15) is 0 Å². The summed E-state index contributed by atoms with van der Waals surface area (Å²) in [6.07, 6.45) is 0. The fourth-order valence-electron chi connectivity index (χ4n) is 1.39. The second kappa shape index (κ2) is 6.48. The van der Waals surface area contributed by atoms with Crippen molar-refractivity contribution < 1.29 is 14.3 Å². The van der Waals surface area contributed by atoms with E-state index in [2.05, 4.69) is 10.6 Å². The number of nitrogen functional groups attached to an aromatic ring is 1. The molecule has 0 aromatic heterocycles. The third-order valence-electron chi connectivity index (χ3n) is 2.21. The predicted molar refractivity (Wildman–Crippen MR) is 68.4 cm³/mol. The minimum absolute atomic E-state index is 0.130. The molecule has 0 saturated heterocycles. The molecule has 18 heavy (non-hydrogen) atoms. The molecule has 1 rings (SSSR count). The third kappa shape index (κ3) is 4.32. The number of hydrogen-bond acceptors (Lipinski definition) is 4. The minimum atomic E-state index is -0.258. The Hall–Kier alpha value is -2.24. The Kier molecular flexibility index (Phi) is 4.98. The van der Waals surface area contributed by atoms with Crippen LogP contribution in [0.2, 0.25) is 0 Å². The maximum Gasteiger partial charge on any atom is 0.251 e. The Bertz CT molecular complexity index is 446. The maximum absolute atomic E-state index is 11.8. The van der Waals surface area contributed by atoms with Gasteiger partial charge in [0.05, 0.1) is 7.11 Å². The van der Waals surface area contributed by atoms with E-state index in [-0.39, 0.29) is 11.8 Å². The summed E-state index contributed by atoms with van der Waals surface area (Å²) in [5.74, 6) is 0.142. The van der Waals surface area contributed by atoms with E-state index in [0.717, 1.165) is 0 Å². The van der Waals surface area contributed by atoms with Gasteiger partial charge in [0.2, 0.25) is 5.91 Å². The first-order valence-corrected chi connectivity index (χ1v) is 5.50. The first-order chi connectivity index (χ1) is 8.52. The number of ether oxygens (including phenoxy) is 1. The third-order valence-corrected chi connectivity index (χ3v) is 2.21. The summed E-state index contributed by atoms with van der Waals surface area (Å²) < 4.78 is 5.03. The molecular weight excluding hydrogens is 234 g/mol. The number of nitrogens with one attached hydrogen (secondary N) is 2. The van der Waals surface area contributed by atoms with Gasteiger partial charge in [-0.3, -0.25) is 9.59 Å². The van der Waals surface area contributed by atoms with Gasteiger partial charge in [0.25, 0.3) is 5.91 Å². The Morgan fingerprint density at radius 3 is 2.50 bits per heavy atom. The minimum Gasteiger partial charge on any atom is -0.497 e. The van der Waals surface area contributed by atoms with Crippen LogP contribution >= 0.6 is 0 Å². The molecular formula is C12H17N3O3. The fraction of sp³-hybridized carbons (Fsp3) is 0.333. The lowest BCUT2D eigenvalue weighted by atomic mass is 10.2. The number of amides is 2. The second-order valence-electron chi connectivity index (χ2n) is 3.73. The normalized spacial score (nSPS) is 9.67. The molecule has 0 aliphatic carbocycles. The summed E-state index contributed by atoms with van der Waals surface area (Å²) in [5, 5.41) is 5.25. The van der Waals surface area contributed by atoms with Crippen molar-refractivity contribution in [2.45, 2.75) is 6.92 Å². The average Bonchev–Trinajstić information content (AvgIpc) is 2.33. The van der Waals surface area contributed by atoms with Gasteiger partial charge in [-0.05, 0) is 12.1 Å². The van der Waals surface area contributed by atoms with Crippen molar-refractivity contribution in [3.05, 3.63) is 23.8 Å². The quantitative estimate of drug-likeness (QED) is 0.512. The number of hydrogen-bond donors (Lipinski definition) is 3. The van der Waals surface area contributed by atoms with Crippen LogP contribution in [0.15, 0.2) is 18.2 Å². The van der Waals surface area contributed by atoms with E-state index in [1.807, 2.05) is 0 Å². The van der Waals surface area contributed by atoms with E-state index >= 15 is 0 Å². The van der Waals surface area contributed by atoms with E-state index in [1.54, 1.807) is 18.2 Å². The monoisotopic (exact) mass is 251 g/mol. The van der Waals surface area contributed by atoms with Crippen LogP contribution in [-0.4, -0.2) is 32.0 Å². The Balaban J connectivity index is 2.55. The summed E-state index contributed by atoms with van der Waals surface area (Å²) in [7, 11) is 1.51. The van der Waals surface area contributed by atoms with Crippen LogP contribution in [-0.2, 0) is 4.79 Å². The summed E-state index contributed by atoms with van der Waals surface area (Å²) in [6, 6.07) is 4.80. The van der Waals surface area contributed by atoms with Crippen LogP contribution in [0.1, 0.15) is 17.3 Å². The van der Waals surface area contributed by atoms with Crippen molar-refractivity contribution in [1.29, 1.82) is 0 Å². The molecule has 1 aromatic carbocycles. The second-order valence-corrected chi connectivity index (χ2v) is 3.73. The van der Waals surface area contributed by atoms with E-state index in [1.165, 1.54) is 14.0 Å². The van der Waals surface area contributed by atoms with Crippen LogP contribution < -0.4 is 21.1 Å². The van der Waals surface area contributed by atoms with Gasteiger partial charge in [0.1, 0.15) is 5.75 Å². The van der Waals surface area contributed by atoms with Crippen molar-refractivity contribution in [3.8, 4) is 5.75 Å². The zero-order valence-electron chi connectivity index (χ0n) is 10.4. The first-order valence-electron chi connectivity index (χ1n) is 5.50. The lowest BCUT2D eigenvalue weighted by Crippen LogP contribution is -2.33. The highest BCUT2D eigenvalue weighted by molar-refractivity contribution is 5.95. The average molecular weight is 251 g/mol. The predicted octanol–water partition coefficient (Wildman–Crippen LogP) is 0.143. The lowest BCUT2D eigenvalue weighted by Gasteiger charge is -2.08. The zero-order chi connectivity index (χ0) is 13.5. The summed E-state index contributed by atoms with van der Waals surface area (Å²) >= 11 is 0. The van der Waals surface area contributed by atoms with Gasteiger partial charge in [-0.1, -0.05) is 0 Å². The highest BCUT2D eigenvalue weighted by Gasteiger charge is 2.07. The van der Waals surface area contributed by atoms with Crippen molar-refractivity contribution in [1.82, 2.24) is 10.6 Å². The molecule has 0 aliphatic rings. The Morgan fingerprint density at radius 2 is 1.89 bits per heavy atom. The molecule has 6 nitrogen and oxygen atoms in total. The van der Waals surface area contributed by atoms with E-state index < -0.39 is 0 Å². The highest BCUT2D eigenvalue weighted by atomic mass is 16.5. The molecule has 98 valence electrons. The van der Waals surface area contributed by atoms with Gasteiger partial charge in [0.15, 0.2) is 0 Å². The molecule has 0 unspecified atom stereocenters.